The van der Waals surface area contributed by atoms with Gasteiger partial charge in [-0.05, 0) is 62.0 Å². The number of aliphatic imine (C=N–C) groups is 1. The highest BCUT2D eigenvalue weighted by molar-refractivity contribution is 8.00. The number of amides is 3. The summed E-state index contributed by atoms with van der Waals surface area (Å²) >= 11 is 2.10. The fourth-order valence-corrected chi connectivity index (χ4v) is 7.74. The zero-order valence-electron chi connectivity index (χ0n) is 34.9. The number of nitrogens with two attached hydrogens (primary N) is 1. The number of alkyl halides is 1. The number of ether oxygens (including phenoxy) is 3. The smallest absolute Gasteiger partial charge is 0.410 e. The Hall–Kier alpha value is -5.97. The summed E-state index contributed by atoms with van der Waals surface area (Å²) < 4.78 is 35.2. The van der Waals surface area contributed by atoms with E-state index in [0.717, 1.165) is 11.5 Å². The topological polar surface area (TPSA) is 211 Å². The van der Waals surface area contributed by atoms with Crippen LogP contribution in [0.2, 0.25) is 0 Å². The van der Waals surface area contributed by atoms with Crippen LogP contribution in [0.15, 0.2) is 64.0 Å². The maximum Gasteiger partial charge on any atom is 0.410 e. The molecule has 0 aliphatic carbocycles. The molecule has 1 fully saturated rings. The number of carbonyl (C=O) groups excluding carboxylic acids is 4. The zero-order valence-corrected chi connectivity index (χ0v) is 36.5. The molecular formula is C38H48BFN11O8S2+. The van der Waals surface area contributed by atoms with Crippen LogP contribution in [0.3, 0.4) is 0 Å². The van der Waals surface area contributed by atoms with Crippen molar-refractivity contribution in [3.63, 3.8) is 0 Å². The van der Waals surface area contributed by atoms with E-state index in [1.54, 1.807) is 93.3 Å². The van der Waals surface area contributed by atoms with Crippen molar-refractivity contribution in [3.05, 3.63) is 65.3 Å². The maximum absolute atomic E-state index is 14.1. The second kappa shape index (κ2) is 20.5. The molecule has 4 heterocycles. The number of nitrogens with zero attached hydrogens (tertiary/aromatic N) is 9. The molecule has 0 spiro atoms. The summed E-state index contributed by atoms with van der Waals surface area (Å²) in [6.45, 7) is 4.77. The number of nitrogen functional groups attached to an aromatic ring is 1. The average Bonchev–Trinajstić information content (AvgIpc) is 3.65. The summed E-state index contributed by atoms with van der Waals surface area (Å²) in [4.78, 5) is 73.3. The largest absolute Gasteiger partial charge is 0.497 e. The number of thioether (sulfide) groups is 1. The number of rotatable bonds is 18. The number of benzene rings is 1. The minimum Gasteiger partial charge on any atom is -0.497 e. The minimum absolute atomic E-state index is 0.00609. The quantitative estimate of drug-likeness (QED) is 0.0358. The van der Waals surface area contributed by atoms with E-state index in [0.29, 0.717) is 47.9 Å². The van der Waals surface area contributed by atoms with Crippen LogP contribution >= 0.6 is 23.3 Å². The lowest BCUT2D eigenvalue weighted by atomic mass is 10.0. The number of anilines is 2. The van der Waals surface area contributed by atoms with E-state index in [-0.39, 0.29) is 35.6 Å². The monoisotopic (exact) mass is 880 g/mol. The molecule has 0 bridgehead atoms. The van der Waals surface area contributed by atoms with E-state index in [1.807, 2.05) is 14.1 Å². The number of fused-ring (bicyclic) bond motifs is 1. The third-order valence-corrected chi connectivity index (χ3v) is 10.7. The molecule has 324 valence electrons. The lowest BCUT2D eigenvalue weighted by Gasteiger charge is -2.49. The number of aromatic nitrogens is 3. The highest BCUT2D eigenvalue weighted by Crippen LogP contribution is 2.41. The van der Waals surface area contributed by atoms with Crippen LogP contribution in [0.1, 0.15) is 38.6 Å². The van der Waals surface area contributed by atoms with Gasteiger partial charge in [0.25, 0.3) is 18.7 Å². The second-order valence-electron chi connectivity index (χ2n) is 14.9. The Morgan fingerprint density at radius 2 is 1.90 bits per heavy atom. The van der Waals surface area contributed by atoms with Gasteiger partial charge in [0.05, 0.1) is 13.3 Å². The standard InChI is InChI=1S/C38H47BFN11O8S2/c1-38(2,3)59-37(55)48(6)15-9-17-50(39)26-10-8-16-49(31(26)42-22-47(4)5)18-24-20-60-34-28(43-32(52)27(45-58-21-40)30-44-36(41)61-46-30)33(53)51(34)29(24)35(54)57-19-23-11-13-25(56-7)14-12-23/h8,10-14,16,22,28,34H,9,15,17-21H2,1-7H3,(H2-,41,43,44,46,52)/p+1. The van der Waals surface area contributed by atoms with Gasteiger partial charge in [-0.15, -0.1) is 11.8 Å². The summed E-state index contributed by atoms with van der Waals surface area (Å²) in [6, 6.07) is 9.45. The molecule has 23 heteroatoms. The molecule has 1 saturated heterocycles. The van der Waals surface area contributed by atoms with Gasteiger partial charge in [0.1, 0.15) is 47.3 Å². The predicted molar refractivity (Wildman–Crippen MR) is 228 cm³/mol. The number of hydrogen-bond acceptors (Lipinski definition) is 16. The van der Waals surface area contributed by atoms with Gasteiger partial charge in [-0.3, -0.25) is 14.5 Å². The van der Waals surface area contributed by atoms with Crippen molar-refractivity contribution in [1.29, 1.82) is 0 Å². The van der Waals surface area contributed by atoms with Crippen LogP contribution in [-0.4, -0.2) is 139 Å². The molecule has 2 aliphatic rings. The number of halogens is 1. The Bertz CT molecular complexity index is 2170. The second-order valence-corrected chi connectivity index (χ2v) is 16.8. The molecule has 61 heavy (non-hydrogen) atoms. The van der Waals surface area contributed by atoms with Crippen molar-refractivity contribution in [2.24, 2.45) is 10.1 Å². The molecule has 2 radical (unpaired) electrons. The van der Waals surface area contributed by atoms with Gasteiger partial charge >= 0.3 is 17.9 Å². The Balaban J connectivity index is 1.43. The van der Waals surface area contributed by atoms with Crippen LogP contribution < -0.4 is 25.2 Å². The molecule has 3 amide bonds. The van der Waals surface area contributed by atoms with E-state index in [1.165, 1.54) is 26.4 Å². The molecule has 2 atom stereocenters. The number of β-lactam (4-membered cyclic amide) rings is 1. The summed E-state index contributed by atoms with van der Waals surface area (Å²) in [5, 5.41) is 5.41. The summed E-state index contributed by atoms with van der Waals surface area (Å²) in [7, 11) is 13.5. The minimum atomic E-state index is -1.33. The molecule has 5 rings (SSSR count). The first-order valence-corrected chi connectivity index (χ1v) is 20.7. The number of nitrogens with one attached hydrogen (secondary N) is 1. The highest BCUT2D eigenvalue weighted by Gasteiger charge is 2.55. The summed E-state index contributed by atoms with van der Waals surface area (Å²) in [6.07, 6.45) is 3.45. The van der Waals surface area contributed by atoms with E-state index >= 15 is 0 Å². The Labute approximate surface area is 362 Å². The zero-order chi connectivity index (χ0) is 44.4. The van der Waals surface area contributed by atoms with Gasteiger partial charge in [0, 0.05) is 57.1 Å². The highest BCUT2D eigenvalue weighted by atomic mass is 32.2. The van der Waals surface area contributed by atoms with Crippen LogP contribution in [-0.2, 0) is 41.8 Å². The van der Waals surface area contributed by atoms with Crippen LogP contribution in [0.5, 0.6) is 5.75 Å². The van der Waals surface area contributed by atoms with Gasteiger partial charge in [0.15, 0.2) is 5.13 Å². The summed E-state index contributed by atoms with van der Waals surface area (Å²) in [5.74, 6) is -1.19. The third-order valence-electron chi connectivity index (χ3n) is 8.83. The van der Waals surface area contributed by atoms with E-state index in [9.17, 15) is 23.6 Å². The molecule has 3 N–H and O–H groups in total. The van der Waals surface area contributed by atoms with Crippen molar-refractivity contribution >= 4 is 83.8 Å². The fraction of sp³-hybridized carbons (Fsp3) is 0.447. The Morgan fingerprint density at radius 1 is 1.16 bits per heavy atom. The van der Waals surface area contributed by atoms with Crippen LogP contribution in [0.4, 0.5) is 25.8 Å². The normalized spacial score (nSPS) is 16.4. The van der Waals surface area contributed by atoms with Crippen molar-refractivity contribution in [2.75, 3.05) is 64.5 Å². The number of carbonyl (C=O) groups is 4. The fourth-order valence-electron chi connectivity index (χ4n) is 5.97. The Kier molecular flexibility index (Phi) is 15.5. The maximum atomic E-state index is 14.1. The van der Waals surface area contributed by atoms with Gasteiger partial charge in [-0.25, -0.2) is 18.5 Å². The molecule has 2 aromatic heterocycles. The first kappa shape index (κ1) is 46.1. The first-order valence-electron chi connectivity index (χ1n) is 18.8. The molecule has 2 unspecified atom stereocenters. The van der Waals surface area contributed by atoms with Crippen molar-refractivity contribution in [2.45, 2.75) is 57.4 Å². The van der Waals surface area contributed by atoms with Crippen LogP contribution in [0.25, 0.3) is 0 Å². The van der Waals surface area contributed by atoms with Gasteiger partial charge in [0.2, 0.25) is 25.9 Å². The molecular weight excluding hydrogens is 832 g/mol. The number of pyridine rings is 1. The average molecular weight is 881 g/mol. The lowest BCUT2D eigenvalue weighted by molar-refractivity contribution is -0.675. The molecule has 1 aromatic carbocycles. The van der Waals surface area contributed by atoms with Crippen molar-refractivity contribution in [1.82, 2.24) is 29.4 Å². The summed E-state index contributed by atoms with van der Waals surface area (Å²) in [5.41, 5.74) is 6.34. The van der Waals surface area contributed by atoms with Gasteiger partial charge < -0.3 is 44.7 Å². The number of esters is 1. The van der Waals surface area contributed by atoms with Gasteiger partial charge in [-0.2, -0.15) is 9.36 Å². The molecule has 3 aromatic rings. The number of oxime groups is 1. The Morgan fingerprint density at radius 3 is 2.54 bits per heavy atom. The predicted octanol–water partition coefficient (Wildman–Crippen LogP) is 2.53. The van der Waals surface area contributed by atoms with Crippen molar-refractivity contribution in [3.8, 4) is 5.75 Å². The van der Waals surface area contributed by atoms with E-state index < -0.39 is 53.5 Å². The lowest BCUT2D eigenvalue weighted by Crippen LogP contribution is -2.71. The molecule has 0 saturated carbocycles. The SMILES string of the molecule is [B]N(CCCN(C)C(=O)OC(C)(C)C)c1ccc[n+](CC2=C(C(=O)OCc3ccc(OC)cc3)N3C(=O)C(NC(=O)C(=NOCF)c4nsc(N)n4)C3SC2)c1N=CN(C)C. The third kappa shape index (κ3) is 11.9. The number of methoxy groups -OCH3 is 1. The van der Waals surface area contributed by atoms with E-state index in [2.05, 4.69) is 24.7 Å². The molecule has 19 nitrogen and oxygen atoms in total. The van der Waals surface area contributed by atoms with Crippen LogP contribution in [0, 0.1) is 0 Å². The van der Waals surface area contributed by atoms with E-state index in [4.69, 9.17) is 32.9 Å². The van der Waals surface area contributed by atoms with Crippen molar-refractivity contribution < 1.29 is 47.2 Å². The number of hydrogen-bond donors (Lipinski definition) is 2. The van der Waals surface area contributed by atoms with Gasteiger partial charge in [-0.1, -0.05) is 17.3 Å². The molecule has 2 aliphatic heterocycles. The first-order chi connectivity index (χ1) is 29.0.